The monoisotopic (exact) mass is 351 g/mol. The Bertz CT molecular complexity index is 816. The molecule has 8 heteroatoms. The molecule has 1 aromatic carbocycles. The van der Waals surface area contributed by atoms with Gasteiger partial charge in [0.2, 0.25) is 10.0 Å². The van der Waals surface area contributed by atoms with Crippen LogP contribution in [0.5, 0.6) is 0 Å². The maximum absolute atomic E-state index is 12.3. The Labute approximate surface area is 139 Å². The number of benzene rings is 1. The van der Waals surface area contributed by atoms with Gasteiger partial charge in [-0.15, -0.1) is 11.3 Å². The lowest BCUT2D eigenvalue weighted by Crippen LogP contribution is -2.38. The zero-order chi connectivity index (χ0) is 16.4. The second-order valence-corrected chi connectivity index (χ2v) is 8.30. The Morgan fingerprint density at radius 3 is 2.87 bits per heavy atom. The molecule has 0 saturated carbocycles. The molecule has 0 aliphatic carbocycles. The smallest absolute Gasteiger partial charge is 0.257 e. The average Bonchev–Trinajstić information content (AvgIpc) is 3.00. The van der Waals surface area contributed by atoms with Crippen LogP contribution in [0.2, 0.25) is 0 Å². The van der Waals surface area contributed by atoms with Gasteiger partial charge < -0.3 is 0 Å². The number of amides is 1. The van der Waals surface area contributed by atoms with E-state index in [4.69, 9.17) is 0 Å². The number of thiazole rings is 1. The van der Waals surface area contributed by atoms with Crippen LogP contribution in [0.3, 0.4) is 0 Å². The van der Waals surface area contributed by atoms with Crippen LogP contribution in [0.4, 0.5) is 10.8 Å². The molecule has 1 aromatic heterocycles. The molecule has 6 nitrogen and oxygen atoms in total. The summed E-state index contributed by atoms with van der Waals surface area (Å²) in [7, 11) is -3.30. The van der Waals surface area contributed by atoms with Crippen LogP contribution in [0, 0.1) is 6.92 Å². The number of aromatic nitrogens is 1. The van der Waals surface area contributed by atoms with Crippen LogP contribution in [0.1, 0.15) is 28.8 Å². The number of nitrogens with one attached hydrogen (secondary N) is 1. The van der Waals surface area contributed by atoms with Crippen LogP contribution in [0.25, 0.3) is 0 Å². The number of rotatable bonds is 3. The van der Waals surface area contributed by atoms with Crippen LogP contribution >= 0.6 is 11.3 Å². The minimum absolute atomic E-state index is 0.155. The van der Waals surface area contributed by atoms with Crippen molar-refractivity contribution in [2.75, 3.05) is 21.9 Å². The maximum atomic E-state index is 12.3. The van der Waals surface area contributed by atoms with Gasteiger partial charge in [-0.2, -0.15) is 0 Å². The maximum Gasteiger partial charge on any atom is 0.257 e. The Hall–Kier alpha value is -1.93. The molecular formula is C15H17N3O3S2. The topological polar surface area (TPSA) is 79.4 Å². The highest BCUT2D eigenvalue weighted by Gasteiger charge is 2.27. The molecule has 1 saturated heterocycles. The average molecular weight is 351 g/mol. The molecular weight excluding hydrogens is 334 g/mol. The summed E-state index contributed by atoms with van der Waals surface area (Å²) in [6.45, 7) is 2.31. The fourth-order valence-corrected chi connectivity index (χ4v) is 4.75. The highest BCUT2D eigenvalue weighted by atomic mass is 32.2. The van der Waals surface area contributed by atoms with Crippen molar-refractivity contribution in [2.24, 2.45) is 0 Å². The zero-order valence-corrected chi connectivity index (χ0v) is 14.3. The lowest BCUT2D eigenvalue weighted by atomic mass is 10.1. The van der Waals surface area contributed by atoms with Crippen molar-refractivity contribution in [3.8, 4) is 0 Å². The van der Waals surface area contributed by atoms with Crippen molar-refractivity contribution >= 4 is 38.1 Å². The van der Waals surface area contributed by atoms with E-state index in [2.05, 4.69) is 10.3 Å². The Kier molecular flexibility index (Phi) is 4.36. The third kappa shape index (κ3) is 3.37. The molecule has 1 aliphatic rings. The predicted octanol–water partition coefficient (Wildman–Crippen LogP) is 2.63. The molecule has 0 unspecified atom stereocenters. The van der Waals surface area contributed by atoms with E-state index < -0.39 is 10.0 Å². The predicted molar refractivity (Wildman–Crippen MR) is 91.6 cm³/mol. The summed E-state index contributed by atoms with van der Waals surface area (Å²) in [6.07, 6.45) is 3.12. The molecule has 1 fully saturated rings. The Morgan fingerprint density at radius 2 is 2.17 bits per heavy atom. The van der Waals surface area contributed by atoms with E-state index in [0.717, 1.165) is 12.0 Å². The normalized spacial score (nSPS) is 17.0. The van der Waals surface area contributed by atoms with E-state index in [9.17, 15) is 13.2 Å². The van der Waals surface area contributed by atoms with Crippen LogP contribution in [-0.4, -0.2) is 31.6 Å². The Morgan fingerprint density at radius 1 is 1.35 bits per heavy atom. The molecule has 3 rings (SSSR count). The number of nitrogens with zero attached hydrogens (tertiary/aromatic N) is 2. The third-order valence-electron chi connectivity index (χ3n) is 3.74. The molecule has 1 N–H and O–H groups in total. The first-order valence-electron chi connectivity index (χ1n) is 7.29. The summed E-state index contributed by atoms with van der Waals surface area (Å²) in [6, 6.07) is 5.11. The number of anilines is 2. The standard InChI is InChI=1S/C15H17N3O3S2/c1-11-4-5-12(14(19)17-15-16-6-8-22-15)10-13(11)18-7-2-3-9-23(18,20)21/h4-6,8,10H,2-3,7,9H2,1H3,(H,16,17,19). The lowest BCUT2D eigenvalue weighted by Gasteiger charge is -2.29. The van der Waals surface area contributed by atoms with Crippen LogP contribution < -0.4 is 9.62 Å². The number of sulfonamides is 1. The van der Waals surface area contributed by atoms with Gasteiger partial charge in [-0.05, 0) is 37.5 Å². The molecule has 1 aliphatic heterocycles. The largest absolute Gasteiger partial charge is 0.298 e. The first kappa shape index (κ1) is 15.9. The molecule has 122 valence electrons. The van der Waals surface area contributed by atoms with Crippen molar-refractivity contribution < 1.29 is 13.2 Å². The van der Waals surface area contributed by atoms with Gasteiger partial charge in [0, 0.05) is 23.7 Å². The first-order chi connectivity index (χ1) is 11.0. The van der Waals surface area contributed by atoms with Crippen molar-refractivity contribution in [1.29, 1.82) is 0 Å². The number of hydrogen-bond acceptors (Lipinski definition) is 5. The van der Waals surface area contributed by atoms with Gasteiger partial charge in [0.15, 0.2) is 5.13 Å². The number of aryl methyl sites for hydroxylation is 1. The number of carbonyl (C=O) groups is 1. The van der Waals surface area contributed by atoms with E-state index in [1.807, 2.05) is 6.92 Å². The molecule has 2 aromatic rings. The fraction of sp³-hybridized carbons (Fsp3) is 0.333. The van der Waals surface area contributed by atoms with E-state index in [-0.39, 0.29) is 11.7 Å². The van der Waals surface area contributed by atoms with Crippen molar-refractivity contribution in [2.45, 2.75) is 19.8 Å². The summed E-state index contributed by atoms with van der Waals surface area (Å²) in [5.74, 6) is -0.141. The Balaban J connectivity index is 1.91. The summed E-state index contributed by atoms with van der Waals surface area (Å²) < 4.78 is 26.0. The first-order valence-corrected chi connectivity index (χ1v) is 9.78. The van der Waals surface area contributed by atoms with Crippen LogP contribution in [-0.2, 0) is 10.0 Å². The van der Waals surface area contributed by atoms with Gasteiger partial charge in [-0.1, -0.05) is 6.07 Å². The molecule has 0 spiro atoms. The van der Waals surface area contributed by atoms with E-state index in [0.29, 0.717) is 29.3 Å². The minimum atomic E-state index is -3.30. The molecule has 0 bridgehead atoms. The van der Waals surface area contributed by atoms with Gasteiger partial charge in [-0.25, -0.2) is 13.4 Å². The van der Waals surface area contributed by atoms with E-state index in [1.165, 1.54) is 15.6 Å². The number of carbonyl (C=O) groups excluding carboxylic acids is 1. The van der Waals surface area contributed by atoms with Gasteiger partial charge in [0.05, 0.1) is 11.4 Å². The van der Waals surface area contributed by atoms with Gasteiger partial charge in [-0.3, -0.25) is 14.4 Å². The summed E-state index contributed by atoms with van der Waals surface area (Å²) in [5, 5.41) is 5.00. The van der Waals surface area contributed by atoms with Gasteiger partial charge in [0.25, 0.3) is 5.91 Å². The second kappa shape index (κ2) is 6.29. The summed E-state index contributed by atoms with van der Waals surface area (Å²) >= 11 is 1.33. The highest BCUT2D eigenvalue weighted by Crippen LogP contribution is 2.28. The SMILES string of the molecule is Cc1ccc(C(=O)Nc2nccs2)cc1N1CCCCS1(=O)=O. The van der Waals surface area contributed by atoms with Crippen molar-refractivity contribution in [1.82, 2.24) is 4.98 Å². The summed E-state index contributed by atoms with van der Waals surface area (Å²) in [5.41, 5.74) is 1.83. The highest BCUT2D eigenvalue weighted by molar-refractivity contribution is 7.92. The van der Waals surface area contributed by atoms with Gasteiger partial charge >= 0.3 is 0 Å². The third-order valence-corrected chi connectivity index (χ3v) is 6.29. The molecule has 1 amide bonds. The molecule has 23 heavy (non-hydrogen) atoms. The molecule has 2 heterocycles. The molecule has 0 radical (unpaired) electrons. The van der Waals surface area contributed by atoms with Gasteiger partial charge in [0.1, 0.15) is 0 Å². The quantitative estimate of drug-likeness (QED) is 0.922. The summed E-state index contributed by atoms with van der Waals surface area (Å²) in [4.78, 5) is 16.3. The van der Waals surface area contributed by atoms with E-state index >= 15 is 0 Å². The lowest BCUT2D eigenvalue weighted by molar-refractivity contribution is 0.102. The van der Waals surface area contributed by atoms with Crippen LogP contribution in [0.15, 0.2) is 29.8 Å². The van der Waals surface area contributed by atoms with Crippen molar-refractivity contribution in [3.05, 3.63) is 40.9 Å². The zero-order valence-electron chi connectivity index (χ0n) is 12.7. The molecule has 0 atom stereocenters. The number of hydrogen-bond donors (Lipinski definition) is 1. The van der Waals surface area contributed by atoms with E-state index in [1.54, 1.807) is 29.8 Å². The van der Waals surface area contributed by atoms with Crippen molar-refractivity contribution in [3.63, 3.8) is 0 Å². The fourth-order valence-electron chi connectivity index (χ4n) is 2.53. The second-order valence-electron chi connectivity index (χ2n) is 5.39. The minimum Gasteiger partial charge on any atom is -0.298 e.